The fourth-order valence-corrected chi connectivity index (χ4v) is 2.37. The van der Waals surface area contributed by atoms with Gasteiger partial charge in [0, 0.05) is 4.47 Å². The summed E-state index contributed by atoms with van der Waals surface area (Å²) in [5.74, 6) is -0.356. The van der Waals surface area contributed by atoms with E-state index >= 15 is 0 Å². The van der Waals surface area contributed by atoms with E-state index in [1.807, 2.05) is 13.0 Å². The Bertz CT molecular complexity index is 587. The Hall–Kier alpha value is -1.46. The van der Waals surface area contributed by atoms with Crippen molar-refractivity contribution in [2.24, 2.45) is 0 Å². The first kappa shape index (κ1) is 13.0. The van der Waals surface area contributed by atoms with Crippen LogP contribution in [0.2, 0.25) is 5.22 Å². The highest BCUT2D eigenvalue weighted by atomic mass is 79.9. The maximum Gasteiger partial charge on any atom is 0.260 e. The average molecular weight is 330 g/mol. The molecule has 3 N–H and O–H groups in total. The molecule has 0 fully saturated rings. The third kappa shape index (κ3) is 2.52. The van der Waals surface area contributed by atoms with E-state index in [0.717, 1.165) is 10.0 Å². The van der Waals surface area contributed by atoms with Gasteiger partial charge in [-0.05, 0) is 42.3 Å². The van der Waals surface area contributed by atoms with E-state index < -0.39 is 0 Å². The first-order valence-corrected chi connectivity index (χ1v) is 6.26. The molecule has 0 atom stereocenters. The number of nitrogens with one attached hydrogen (secondary N) is 1. The third-order valence-electron chi connectivity index (χ3n) is 2.43. The van der Waals surface area contributed by atoms with Crippen LogP contribution < -0.4 is 11.1 Å². The highest BCUT2D eigenvalue weighted by Gasteiger charge is 2.15. The Morgan fingerprint density at radius 2 is 2.22 bits per heavy atom. The van der Waals surface area contributed by atoms with Crippen molar-refractivity contribution >= 4 is 44.8 Å². The lowest BCUT2D eigenvalue weighted by atomic mass is 10.1. The number of aryl methyl sites for hydroxylation is 1. The Morgan fingerprint density at radius 1 is 1.50 bits per heavy atom. The van der Waals surface area contributed by atoms with Gasteiger partial charge in [-0.1, -0.05) is 15.9 Å². The number of anilines is 2. The van der Waals surface area contributed by atoms with Crippen molar-refractivity contribution in [2.45, 2.75) is 6.92 Å². The van der Waals surface area contributed by atoms with Crippen LogP contribution >= 0.6 is 27.5 Å². The van der Waals surface area contributed by atoms with Gasteiger partial charge in [0.2, 0.25) is 5.22 Å². The summed E-state index contributed by atoms with van der Waals surface area (Å²) in [5.41, 5.74) is 8.04. The molecule has 0 aliphatic carbocycles. The van der Waals surface area contributed by atoms with Gasteiger partial charge in [-0.3, -0.25) is 4.79 Å². The van der Waals surface area contributed by atoms with Gasteiger partial charge < -0.3 is 15.5 Å². The van der Waals surface area contributed by atoms with Crippen molar-refractivity contribution in [3.8, 4) is 0 Å². The van der Waals surface area contributed by atoms with E-state index in [2.05, 4.69) is 21.2 Å². The molecular formula is C12H10BrClN2O2. The number of furan rings is 1. The number of hydrogen-bond donors (Lipinski definition) is 2. The third-order valence-corrected chi connectivity index (χ3v) is 3.18. The van der Waals surface area contributed by atoms with E-state index in [1.165, 1.54) is 12.3 Å². The molecule has 1 aromatic carbocycles. The van der Waals surface area contributed by atoms with Crippen molar-refractivity contribution < 1.29 is 9.21 Å². The lowest BCUT2D eigenvalue weighted by Crippen LogP contribution is -2.14. The van der Waals surface area contributed by atoms with Gasteiger partial charge in [0.05, 0.1) is 23.2 Å². The molecule has 2 aromatic rings. The van der Waals surface area contributed by atoms with Gasteiger partial charge in [0.15, 0.2) is 0 Å². The molecule has 6 heteroatoms. The Morgan fingerprint density at radius 3 is 2.78 bits per heavy atom. The van der Waals surface area contributed by atoms with Gasteiger partial charge in [-0.15, -0.1) is 0 Å². The van der Waals surface area contributed by atoms with Gasteiger partial charge >= 0.3 is 0 Å². The van der Waals surface area contributed by atoms with E-state index in [9.17, 15) is 4.79 Å². The number of carbonyl (C=O) groups excluding carboxylic acids is 1. The van der Waals surface area contributed by atoms with Crippen LogP contribution in [0.15, 0.2) is 33.4 Å². The fraction of sp³-hybridized carbons (Fsp3) is 0.0833. The lowest BCUT2D eigenvalue weighted by Gasteiger charge is -2.11. The second-order valence-corrected chi connectivity index (χ2v) is 5.01. The number of amides is 1. The van der Waals surface area contributed by atoms with Crippen molar-refractivity contribution in [3.63, 3.8) is 0 Å². The number of rotatable bonds is 2. The largest absolute Gasteiger partial charge is 0.452 e. The van der Waals surface area contributed by atoms with Crippen LogP contribution in [0, 0.1) is 6.92 Å². The summed E-state index contributed by atoms with van der Waals surface area (Å²) < 4.78 is 5.73. The van der Waals surface area contributed by atoms with Crippen LogP contribution in [0.4, 0.5) is 11.4 Å². The van der Waals surface area contributed by atoms with Gasteiger partial charge in [0.25, 0.3) is 5.91 Å². The predicted molar refractivity (Wildman–Crippen MR) is 75.0 cm³/mol. The summed E-state index contributed by atoms with van der Waals surface area (Å²) in [4.78, 5) is 12.0. The summed E-state index contributed by atoms with van der Waals surface area (Å²) in [7, 11) is 0. The van der Waals surface area contributed by atoms with Crippen molar-refractivity contribution in [1.29, 1.82) is 0 Å². The molecule has 0 spiro atoms. The zero-order chi connectivity index (χ0) is 13.3. The molecule has 0 bridgehead atoms. The molecule has 1 amide bonds. The van der Waals surface area contributed by atoms with Crippen LogP contribution in [-0.4, -0.2) is 5.91 Å². The summed E-state index contributed by atoms with van der Waals surface area (Å²) >= 11 is 9.07. The average Bonchev–Trinajstić information content (AvgIpc) is 2.69. The first-order valence-electron chi connectivity index (χ1n) is 5.09. The van der Waals surface area contributed by atoms with Crippen molar-refractivity contribution in [2.75, 3.05) is 11.1 Å². The number of nitrogen functional groups attached to an aromatic ring is 1. The molecule has 4 nitrogen and oxygen atoms in total. The van der Waals surface area contributed by atoms with E-state index in [1.54, 1.807) is 6.07 Å². The Labute approximate surface area is 117 Å². The summed E-state index contributed by atoms with van der Waals surface area (Å²) in [5, 5.41) is 2.78. The topological polar surface area (TPSA) is 68.3 Å². The van der Waals surface area contributed by atoms with Crippen LogP contribution in [0.1, 0.15) is 15.9 Å². The monoisotopic (exact) mass is 328 g/mol. The van der Waals surface area contributed by atoms with E-state index in [4.69, 9.17) is 21.8 Å². The highest BCUT2D eigenvalue weighted by Crippen LogP contribution is 2.29. The van der Waals surface area contributed by atoms with E-state index in [-0.39, 0.29) is 16.7 Å². The molecule has 94 valence electrons. The molecule has 0 aliphatic heterocycles. The van der Waals surface area contributed by atoms with Gasteiger partial charge in [-0.25, -0.2) is 0 Å². The molecule has 0 saturated heterocycles. The Balaban J connectivity index is 2.31. The minimum atomic E-state index is -0.356. The molecule has 2 rings (SSSR count). The van der Waals surface area contributed by atoms with Crippen molar-refractivity contribution in [1.82, 2.24) is 0 Å². The maximum atomic E-state index is 12.0. The molecule has 0 aliphatic rings. The zero-order valence-corrected chi connectivity index (χ0v) is 11.8. The van der Waals surface area contributed by atoms with E-state index in [0.29, 0.717) is 11.4 Å². The van der Waals surface area contributed by atoms with Crippen LogP contribution in [-0.2, 0) is 0 Å². The molecule has 0 radical (unpaired) electrons. The van der Waals surface area contributed by atoms with Gasteiger partial charge in [0.1, 0.15) is 0 Å². The zero-order valence-electron chi connectivity index (χ0n) is 9.46. The number of halogens is 2. The summed E-state index contributed by atoms with van der Waals surface area (Å²) in [6.07, 6.45) is 1.36. The number of hydrogen-bond acceptors (Lipinski definition) is 3. The van der Waals surface area contributed by atoms with Crippen LogP contribution in [0.3, 0.4) is 0 Å². The number of benzene rings is 1. The quantitative estimate of drug-likeness (QED) is 0.823. The van der Waals surface area contributed by atoms with Gasteiger partial charge in [-0.2, -0.15) is 0 Å². The molecule has 0 unspecified atom stereocenters. The minimum Gasteiger partial charge on any atom is -0.452 e. The standard InChI is InChI=1S/C12H10BrClN2O2/c1-6-4-7(13)5-9(15)10(6)16-12(17)8-2-3-18-11(8)14/h2-5H,15H2,1H3,(H,16,17). The molecule has 1 heterocycles. The molecule has 18 heavy (non-hydrogen) atoms. The molecular weight excluding hydrogens is 320 g/mol. The highest BCUT2D eigenvalue weighted by molar-refractivity contribution is 9.10. The SMILES string of the molecule is Cc1cc(Br)cc(N)c1NC(=O)c1ccoc1Cl. The minimum absolute atomic E-state index is 0.0563. The Kier molecular flexibility index (Phi) is 3.63. The number of carbonyl (C=O) groups is 1. The fourth-order valence-electron chi connectivity index (χ4n) is 1.58. The second kappa shape index (κ2) is 5.04. The van der Waals surface area contributed by atoms with Crippen LogP contribution in [0.5, 0.6) is 0 Å². The van der Waals surface area contributed by atoms with Crippen LogP contribution in [0.25, 0.3) is 0 Å². The lowest BCUT2D eigenvalue weighted by molar-refractivity contribution is 0.102. The molecule has 0 saturated carbocycles. The van der Waals surface area contributed by atoms with Crippen molar-refractivity contribution in [3.05, 3.63) is 45.3 Å². The second-order valence-electron chi connectivity index (χ2n) is 3.75. The predicted octanol–water partition coefficient (Wildman–Crippen LogP) is 3.84. The summed E-state index contributed by atoms with van der Waals surface area (Å²) in [6.45, 7) is 1.85. The first-order chi connectivity index (χ1) is 8.49. The summed E-state index contributed by atoms with van der Waals surface area (Å²) in [6, 6.07) is 5.09. The molecule has 1 aromatic heterocycles. The maximum absolute atomic E-state index is 12.0. The number of nitrogens with two attached hydrogens (primary N) is 1. The smallest absolute Gasteiger partial charge is 0.260 e. The normalized spacial score (nSPS) is 10.4.